The van der Waals surface area contributed by atoms with Gasteiger partial charge in [-0.1, -0.05) is 18.2 Å². The zero-order valence-corrected chi connectivity index (χ0v) is 10.5. The molecule has 0 radical (unpaired) electrons. The third-order valence-electron chi connectivity index (χ3n) is 3.41. The van der Waals surface area contributed by atoms with Crippen molar-refractivity contribution in [3.8, 4) is 11.3 Å². The van der Waals surface area contributed by atoms with Crippen LogP contribution in [0, 0.1) is 0 Å². The minimum Gasteiger partial charge on any atom is -0.382 e. The molecule has 1 aliphatic rings. The lowest BCUT2D eigenvalue weighted by Gasteiger charge is -2.11. The van der Waals surface area contributed by atoms with Crippen LogP contribution >= 0.6 is 0 Å². The molecule has 1 fully saturated rings. The molecule has 0 unspecified atom stereocenters. The van der Waals surface area contributed by atoms with E-state index in [0.29, 0.717) is 5.82 Å². The summed E-state index contributed by atoms with van der Waals surface area (Å²) in [4.78, 5) is 4.23. The SMILES string of the molecule is Nc1c(-c2ccccc2C(F)(F)F)nc(C2CC2)n1N. The molecule has 1 saturated carbocycles. The summed E-state index contributed by atoms with van der Waals surface area (Å²) in [6.45, 7) is 0. The largest absolute Gasteiger partial charge is 0.417 e. The lowest BCUT2D eigenvalue weighted by Crippen LogP contribution is -2.15. The van der Waals surface area contributed by atoms with E-state index in [1.807, 2.05) is 0 Å². The fourth-order valence-electron chi connectivity index (χ4n) is 2.23. The summed E-state index contributed by atoms with van der Waals surface area (Å²) in [7, 11) is 0. The van der Waals surface area contributed by atoms with Crippen LogP contribution in [-0.2, 0) is 6.18 Å². The quantitative estimate of drug-likeness (QED) is 0.832. The first-order valence-corrected chi connectivity index (χ1v) is 6.19. The number of aromatic nitrogens is 2. The van der Waals surface area contributed by atoms with E-state index in [1.54, 1.807) is 0 Å². The van der Waals surface area contributed by atoms with Crippen LogP contribution in [0.2, 0.25) is 0 Å². The van der Waals surface area contributed by atoms with Crippen molar-refractivity contribution < 1.29 is 13.2 Å². The zero-order valence-electron chi connectivity index (χ0n) is 10.5. The smallest absolute Gasteiger partial charge is 0.382 e. The Morgan fingerprint density at radius 2 is 1.85 bits per heavy atom. The monoisotopic (exact) mass is 282 g/mol. The maximum Gasteiger partial charge on any atom is 0.417 e. The number of hydrogen-bond acceptors (Lipinski definition) is 3. The van der Waals surface area contributed by atoms with Gasteiger partial charge in [-0.2, -0.15) is 13.2 Å². The summed E-state index contributed by atoms with van der Waals surface area (Å²) >= 11 is 0. The van der Waals surface area contributed by atoms with Crippen molar-refractivity contribution in [1.82, 2.24) is 9.66 Å². The van der Waals surface area contributed by atoms with Crippen LogP contribution in [0.15, 0.2) is 24.3 Å². The van der Waals surface area contributed by atoms with Crippen molar-refractivity contribution in [1.29, 1.82) is 0 Å². The van der Waals surface area contributed by atoms with Crippen molar-refractivity contribution in [2.75, 3.05) is 11.6 Å². The second-order valence-corrected chi connectivity index (χ2v) is 4.89. The average Bonchev–Trinajstić information content (AvgIpc) is 3.18. The third-order valence-corrected chi connectivity index (χ3v) is 3.41. The Labute approximate surface area is 113 Å². The van der Waals surface area contributed by atoms with Crippen molar-refractivity contribution in [2.24, 2.45) is 0 Å². The second kappa shape index (κ2) is 4.16. The first kappa shape index (κ1) is 12.8. The number of nitrogen functional groups attached to an aromatic ring is 2. The Hall–Kier alpha value is -2.18. The number of nitrogens with zero attached hydrogens (tertiary/aromatic N) is 2. The first-order chi connectivity index (χ1) is 9.39. The molecule has 106 valence electrons. The number of anilines is 1. The number of imidazole rings is 1. The van der Waals surface area contributed by atoms with Gasteiger partial charge in [0.25, 0.3) is 0 Å². The summed E-state index contributed by atoms with van der Waals surface area (Å²) < 4.78 is 40.3. The number of hydrogen-bond donors (Lipinski definition) is 2. The molecule has 1 aromatic heterocycles. The van der Waals surface area contributed by atoms with Crippen molar-refractivity contribution in [3.05, 3.63) is 35.7 Å². The van der Waals surface area contributed by atoms with Gasteiger partial charge in [0.15, 0.2) is 5.82 Å². The highest BCUT2D eigenvalue weighted by molar-refractivity contribution is 5.74. The second-order valence-electron chi connectivity index (χ2n) is 4.89. The van der Waals surface area contributed by atoms with E-state index in [2.05, 4.69) is 4.98 Å². The van der Waals surface area contributed by atoms with Crippen molar-refractivity contribution >= 4 is 5.82 Å². The number of rotatable bonds is 2. The topological polar surface area (TPSA) is 69.9 Å². The molecule has 0 bridgehead atoms. The summed E-state index contributed by atoms with van der Waals surface area (Å²) in [5.74, 6) is 6.60. The summed E-state index contributed by atoms with van der Waals surface area (Å²) in [5.41, 5.74) is 5.13. The van der Waals surface area contributed by atoms with Gasteiger partial charge in [0.05, 0.1) is 5.56 Å². The molecule has 20 heavy (non-hydrogen) atoms. The lowest BCUT2D eigenvalue weighted by atomic mass is 10.0. The van der Waals surface area contributed by atoms with Gasteiger partial charge in [-0.05, 0) is 18.9 Å². The summed E-state index contributed by atoms with van der Waals surface area (Å²) in [6, 6.07) is 5.24. The molecule has 0 spiro atoms. The van der Waals surface area contributed by atoms with Gasteiger partial charge < -0.3 is 11.6 Å². The van der Waals surface area contributed by atoms with Gasteiger partial charge in [0, 0.05) is 11.5 Å². The van der Waals surface area contributed by atoms with Crippen LogP contribution in [0.25, 0.3) is 11.3 Å². The molecule has 3 rings (SSSR count). The Morgan fingerprint density at radius 1 is 1.20 bits per heavy atom. The summed E-state index contributed by atoms with van der Waals surface area (Å²) in [6.07, 6.45) is -2.58. The molecule has 0 amide bonds. The predicted molar refractivity (Wildman–Crippen MR) is 69.2 cm³/mol. The molecule has 1 heterocycles. The predicted octanol–water partition coefficient (Wildman–Crippen LogP) is 2.74. The third kappa shape index (κ3) is 1.99. The highest BCUT2D eigenvalue weighted by Gasteiger charge is 2.36. The minimum absolute atomic E-state index is 0.0383. The Morgan fingerprint density at radius 3 is 2.45 bits per heavy atom. The molecular weight excluding hydrogens is 269 g/mol. The van der Waals surface area contributed by atoms with Crippen LogP contribution < -0.4 is 11.6 Å². The van der Waals surface area contributed by atoms with E-state index < -0.39 is 11.7 Å². The highest BCUT2D eigenvalue weighted by Crippen LogP contribution is 2.43. The highest BCUT2D eigenvalue weighted by atomic mass is 19.4. The number of alkyl halides is 3. The molecule has 1 aromatic carbocycles. The molecule has 0 atom stereocenters. The normalized spacial score (nSPS) is 15.6. The van der Waals surface area contributed by atoms with Crippen LogP contribution in [0.1, 0.15) is 30.1 Å². The Balaban J connectivity index is 2.17. The van der Waals surface area contributed by atoms with Gasteiger partial charge in [-0.25, -0.2) is 9.66 Å². The van der Waals surface area contributed by atoms with E-state index in [1.165, 1.54) is 22.9 Å². The average molecular weight is 282 g/mol. The molecule has 4 nitrogen and oxygen atoms in total. The minimum atomic E-state index is -4.46. The zero-order chi connectivity index (χ0) is 14.5. The lowest BCUT2D eigenvalue weighted by molar-refractivity contribution is -0.137. The molecule has 2 aromatic rings. The maximum absolute atomic E-state index is 13.0. The molecule has 1 aliphatic carbocycles. The molecular formula is C13H13F3N4. The van der Waals surface area contributed by atoms with Crippen LogP contribution in [0.4, 0.5) is 19.0 Å². The Bertz CT molecular complexity index is 656. The van der Waals surface area contributed by atoms with Gasteiger partial charge in [0.1, 0.15) is 11.5 Å². The fourth-order valence-corrected chi connectivity index (χ4v) is 2.23. The molecule has 0 aliphatic heterocycles. The van der Waals surface area contributed by atoms with Gasteiger partial charge in [-0.3, -0.25) is 0 Å². The number of nitrogens with two attached hydrogens (primary N) is 2. The molecule has 0 saturated heterocycles. The van der Waals surface area contributed by atoms with E-state index >= 15 is 0 Å². The number of halogens is 3. The van der Waals surface area contributed by atoms with Crippen molar-refractivity contribution in [2.45, 2.75) is 24.9 Å². The van der Waals surface area contributed by atoms with Crippen molar-refractivity contribution in [3.63, 3.8) is 0 Å². The van der Waals surface area contributed by atoms with Gasteiger partial charge in [-0.15, -0.1) is 0 Å². The summed E-state index contributed by atoms with van der Waals surface area (Å²) in [5, 5.41) is 0. The van der Waals surface area contributed by atoms with E-state index in [9.17, 15) is 13.2 Å². The van der Waals surface area contributed by atoms with E-state index in [-0.39, 0.29) is 23.0 Å². The van der Waals surface area contributed by atoms with Gasteiger partial charge in [0.2, 0.25) is 0 Å². The maximum atomic E-state index is 13.0. The standard InChI is InChI=1S/C13H13F3N4/c14-13(15,16)9-4-2-1-3-8(9)10-11(17)20(18)12(19-10)7-5-6-7/h1-4,7H,5-6,17-18H2. The van der Waals surface area contributed by atoms with Crippen LogP contribution in [-0.4, -0.2) is 9.66 Å². The van der Waals surface area contributed by atoms with E-state index in [0.717, 1.165) is 18.9 Å². The Kier molecular flexibility index (Phi) is 2.67. The van der Waals surface area contributed by atoms with Crippen LogP contribution in [0.3, 0.4) is 0 Å². The fraction of sp³-hybridized carbons (Fsp3) is 0.308. The van der Waals surface area contributed by atoms with Crippen LogP contribution in [0.5, 0.6) is 0 Å². The molecule has 7 heteroatoms. The first-order valence-electron chi connectivity index (χ1n) is 6.19. The van der Waals surface area contributed by atoms with E-state index in [4.69, 9.17) is 11.6 Å². The number of benzene rings is 1. The molecule has 4 N–H and O–H groups in total. The van der Waals surface area contributed by atoms with Gasteiger partial charge >= 0.3 is 6.18 Å².